The lowest BCUT2D eigenvalue weighted by Gasteiger charge is -2.11. The number of guanidine groups is 1. The fraction of sp³-hybridized carbons (Fsp3) is 0.500. The number of hydrogen-bond donors (Lipinski definition) is 2. The quantitative estimate of drug-likeness (QED) is 0.434. The van der Waals surface area contributed by atoms with Crippen LogP contribution in [0.1, 0.15) is 26.5 Å². The number of aliphatic imine (C=N–C) groups is 1. The molecule has 2 heterocycles. The zero-order valence-electron chi connectivity index (χ0n) is 13.5. The van der Waals surface area contributed by atoms with E-state index in [0.717, 1.165) is 43.4 Å². The Hall–Kier alpha value is -1.31. The van der Waals surface area contributed by atoms with Gasteiger partial charge in [-0.15, -0.1) is 24.0 Å². The number of halogens is 1. The Balaban J connectivity index is 0.00000242. The maximum Gasteiger partial charge on any atom is 0.191 e. The number of nitrogens with zero attached hydrogens (tertiary/aromatic N) is 3. The van der Waals surface area contributed by atoms with E-state index in [1.807, 2.05) is 28.8 Å². The van der Waals surface area contributed by atoms with Crippen molar-refractivity contribution in [1.29, 1.82) is 0 Å². The third-order valence-electron chi connectivity index (χ3n) is 3.05. The molecule has 0 radical (unpaired) electrons. The molecule has 5 nitrogen and oxygen atoms in total. The standard InChI is InChI=1S/C16H25N5.HI/c1-4-17-16(19-11-13(2)3)18-9-8-14-12-21-10-6-5-7-15(21)20-14;/h5-7,10,12-13H,4,8-9,11H2,1-3H3,(H2,17,18,19);1H. The van der Waals surface area contributed by atoms with Crippen molar-refractivity contribution in [3.63, 3.8) is 0 Å². The summed E-state index contributed by atoms with van der Waals surface area (Å²) in [5.41, 5.74) is 2.08. The van der Waals surface area contributed by atoms with E-state index in [2.05, 4.69) is 47.6 Å². The Labute approximate surface area is 149 Å². The molecule has 0 aromatic carbocycles. The van der Waals surface area contributed by atoms with Crippen LogP contribution < -0.4 is 10.6 Å². The van der Waals surface area contributed by atoms with Crippen molar-refractivity contribution in [2.24, 2.45) is 10.9 Å². The van der Waals surface area contributed by atoms with Gasteiger partial charge in [0.1, 0.15) is 5.65 Å². The first-order valence-electron chi connectivity index (χ1n) is 7.64. The van der Waals surface area contributed by atoms with Crippen LogP contribution in [0.2, 0.25) is 0 Å². The van der Waals surface area contributed by atoms with Crippen LogP contribution in [-0.4, -0.2) is 35.0 Å². The number of rotatable bonds is 6. The SMILES string of the molecule is CCNC(=NCC(C)C)NCCc1cn2ccccc2n1.I. The fourth-order valence-corrected chi connectivity index (χ4v) is 2.03. The first-order valence-corrected chi connectivity index (χ1v) is 7.64. The Morgan fingerprint density at radius 1 is 1.32 bits per heavy atom. The molecular weight excluding hydrogens is 389 g/mol. The molecule has 0 aliphatic rings. The number of pyridine rings is 1. The van der Waals surface area contributed by atoms with Gasteiger partial charge in [0, 0.05) is 38.4 Å². The maximum absolute atomic E-state index is 4.59. The van der Waals surface area contributed by atoms with Crippen LogP contribution >= 0.6 is 24.0 Å². The highest BCUT2D eigenvalue weighted by Gasteiger charge is 2.02. The van der Waals surface area contributed by atoms with Crippen molar-refractivity contribution in [2.45, 2.75) is 27.2 Å². The van der Waals surface area contributed by atoms with E-state index in [0.29, 0.717) is 5.92 Å². The minimum Gasteiger partial charge on any atom is -0.357 e. The molecule has 0 atom stereocenters. The molecular formula is C16H26IN5. The highest BCUT2D eigenvalue weighted by molar-refractivity contribution is 14.0. The van der Waals surface area contributed by atoms with Crippen molar-refractivity contribution in [3.05, 3.63) is 36.3 Å². The van der Waals surface area contributed by atoms with Gasteiger partial charge in [0.25, 0.3) is 0 Å². The van der Waals surface area contributed by atoms with Gasteiger partial charge in [-0.2, -0.15) is 0 Å². The molecule has 0 unspecified atom stereocenters. The Morgan fingerprint density at radius 2 is 2.14 bits per heavy atom. The predicted molar refractivity (Wildman–Crippen MR) is 103 cm³/mol. The van der Waals surface area contributed by atoms with Crippen LogP contribution in [0.4, 0.5) is 0 Å². The summed E-state index contributed by atoms with van der Waals surface area (Å²) in [5.74, 6) is 1.45. The van der Waals surface area contributed by atoms with Crippen LogP contribution in [0.15, 0.2) is 35.6 Å². The lowest BCUT2D eigenvalue weighted by Crippen LogP contribution is -2.38. The highest BCUT2D eigenvalue weighted by Crippen LogP contribution is 2.04. The third kappa shape index (κ3) is 5.82. The summed E-state index contributed by atoms with van der Waals surface area (Å²) >= 11 is 0. The van der Waals surface area contributed by atoms with E-state index in [9.17, 15) is 0 Å². The van der Waals surface area contributed by atoms with Crippen LogP contribution in [0.5, 0.6) is 0 Å². The van der Waals surface area contributed by atoms with Gasteiger partial charge in [-0.1, -0.05) is 19.9 Å². The minimum absolute atomic E-state index is 0. The lowest BCUT2D eigenvalue weighted by molar-refractivity contribution is 0.656. The van der Waals surface area contributed by atoms with Crippen molar-refractivity contribution in [3.8, 4) is 0 Å². The number of hydrogen-bond acceptors (Lipinski definition) is 2. The minimum atomic E-state index is 0. The Bertz CT molecular complexity index is 558. The van der Waals surface area contributed by atoms with E-state index in [4.69, 9.17) is 0 Å². The summed E-state index contributed by atoms with van der Waals surface area (Å²) in [7, 11) is 0. The van der Waals surface area contributed by atoms with Crippen LogP contribution in [0.3, 0.4) is 0 Å². The molecule has 0 saturated carbocycles. The van der Waals surface area contributed by atoms with Gasteiger partial charge in [0.05, 0.1) is 5.69 Å². The molecule has 2 aromatic heterocycles. The van der Waals surface area contributed by atoms with Gasteiger partial charge in [-0.05, 0) is 25.0 Å². The van der Waals surface area contributed by atoms with E-state index < -0.39 is 0 Å². The first kappa shape index (κ1) is 18.7. The number of aromatic nitrogens is 2. The molecule has 0 aliphatic heterocycles. The molecule has 0 aliphatic carbocycles. The molecule has 0 fully saturated rings. The monoisotopic (exact) mass is 415 g/mol. The largest absolute Gasteiger partial charge is 0.357 e. The van der Waals surface area contributed by atoms with Gasteiger partial charge in [-0.3, -0.25) is 4.99 Å². The van der Waals surface area contributed by atoms with Crippen LogP contribution in [0, 0.1) is 5.92 Å². The molecule has 6 heteroatoms. The highest BCUT2D eigenvalue weighted by atomic mass is 127. The maximum atomic E-state index is 4.59. The van der Waals surface area contributed by atoms with Gasteiger partial charge in [0.15, 0.2) is 5.96 Å². The molecule has 2 rings (SSSR count). The van der Waals surface area contributed by atoms with Gasteiger partial charge in [-0.25, -0.2) is 4.98 Å². The third-order valence-corrected chi connectivity index (χ3v) is 3.05. The molecule has 122 valence electrons. The summed E-state index contributed by atoms with van der Waals surface area (Å²) in [6.45, 7) is 8.96. The normalized spacial score (nSPS) is 11.5. The van der Waals surface area contributed by atoms with E-state index in [-0.39, 0.29) is 24.0 Å². The van der Waals surface area contributed by atoms with Gasteiger partial charge in [0.2, 0.25) is 0 Å². The van der Waals surface area contributed by atoms with Gasteiger partial charge < -0.3 is 15.0 Å². The van der Waals surface area contributed by atoms with Crippen LogP contribution in [-0.2, 0) is 6.42 Å². The van der Waals surface area contributed by atoms with E-state index in [1.165, 1.54) is 0 Å². The number of imidazole rings is 1. The molecule has 0 amide bonds. The average molecular weight is 415 g/mol. The molecule has 0 spiro atoms. The molecule has 0 bridgehead atoms. The van der Waals surface area contributed by atoms with E-state index in [1.54, 1.807) is 0 Å². The van der Waals surface area contributed by atoms with Crippen molar-refractivity contribution >= 4 is 35.6 Å². The molecule has 0 saturated heterocycles. The van der Waals surface area contributed by atoms with Crippen molar-refractivity contribution in [2.75, 3.05) is 19.6 Å². The van der Waals surface area contributed by atoms with Crippen molar-refractivity contribution in [1.82, 2.24) is 20.0 Å². The molecule has 2 N–H and O–H groups in total. The zero-order valence-corrected chi connectivity index (χ0v) is 15.9. The summed E-state index contributed by atoms with van der Waals surface area (Å²) in [4.78, 5) is 9.15. The number of nitrogens with one attached hydrogen (secondary N) is 2. The smallest absolute Gasteiger partial charge is 0.191 e. The summed E-state index contributed by atoms with van der Waals surface area (Å²) in [6, 6.07) is 6.04. The van der Waals surface area contributed by atoms with E-state index >= 15 is 0 Å². The summed E-state index contributed by atoms with van der Waals surface area (Å²) in [5, 5.41) is 6.62. The molecule has 22 heavy (non-hydrogen) atoms. The Kier molecular flexibility index (Phi) is 8.22. The summed E-state index contributed by atoms with van der Waals surface area (Å²) < 4.78 is 2.05. The second-order valence-electron chi connectivity index (χ2n) is 5.49. The topological polar surface area (TPSA) is 53.7 Å². The van der Waals surface area contributed by atoms with Gasteiger partial charge >= 0.3 is 0 Å². The average Bonchev–Trinajstić information content (AvgIpc) is 2.87. The van der Waals surface area contributed by atoms with Crippen molar-refractivity contribution < 1.29 is 0 Å². The number of fused-ring (bicyclic) bond motifs is 1. The fourth-order valence-electron chi connectivity index (χ4n) is 2.03. The Morgan fingerprint density at radius 3 is 2.82 bits per heavy atom. The lowest BCUT2D eigenvalue weighted by atomic mass is 10.2. The zero-order chi connectivity index (χ0) is 15.1. The predicted octanol–water partition coefficient (Wildman–Crippen LogP) is 2.71. The second kappa shape index (κ2) is 9.66. The molecule has 2 aromatic rings. The first-order chi connectivity index (χ1) is 10.2. The second-order valence-corrected chi connectivity index (χ2v) is 5.49. The summed E-state index contributed by atoms with van der Waals surface area (Å²) in [6.07, 6.45) is 4.98. The van der Waals surface area contributed by atoms with Crippen LogP contribution in [0.25, 0.3) is 5.65 Å².